The smallest absolute Gasteiger partial charge is 0.225 e. The normalized spacial score (nSPS) is 10.5. The molecule has 7 heteroatoms. The molecule has 0 atom stereocenters. The molecule has 6 nitrogen and oxygen atoms in total. The van der Waals surface area contributed by atoms with E-state index in [4.69, 9.17) is 15.2 Å². The number of nitrogen functional groups attached to an aromatic ring is 1. The topological polar surface area (TPSA) is 82.3 Å². The predicted molar refractivity (Wildman–Crippen MR) is 69.9 cm³/mol. The lowest BCUT2D eigenvalue weighted by Gasteiger charge is -2.06. The second kappa shape index (κ2) is 8.21. The van der Waals surface area contributed by atoms with Gasteiger partial charge in [0.1, 0.15) is 10.4 Å². The van der Waals surface area contributed by atoms with E-state index in [-0.39, 0.29) is 0 Å². The van der Waals surface area contributed by atoms with E-state index < -0.39 is 0 Å². The fourth-order valence-corrected chi connectivity index (χ4v) is 1.54. The molecule has 0 radical (unpaired) electrons. The first-order valence-electron chi connectivity index (χ1n) is 5.33. The van der Waals surface area contributed by atoms with Crippen LogP contribution in [0.2, 0.25) is 0 Å². The molecule has 96 valence electrons. The maximum atomic E-state index is 5.59. The van der Waals surface area contributed by atoms with Crippen LogP contribution in [-0.4, -0.2) is 43.4 Å². The van der Waals surface area contributed by atoms with Crippen LogP contribution < -0.4 is 11.1 Å². The van der Waals surface area contributed by atoms with E-state index in [1.54, 1.807) is 13.2 Å². The zero-order valence-corrected chi connectivity index (χ0v) is 11.4. The van der Waals surface area contributed by atoms with Crippen molar-refractivity contribution in [1.82, 2.24) is 9.97 Å². The van der Waals surface area contributed by atoms with Crippen molar-refractivity contribution in [2.75, 3.05) is 44.5 Å². The van der Waals surface area contributed by atoms with Crippen LogP contribution >= 0.6 is 15.9 Å². The quantitative estimate of drug-likeness (QED) is 0.556. The van der Waals surface area contributed by atoms with E-state index in [2.05, 4.69) is 31.2 Å². The molecule has 0 fully saturated rings. The first-order valence-corrected chi connectivity index (χ1v) is 6.12. The highest BCUT2D eigenvalue weighted by Gasteiger charge is 1.99. The van der Waals surface area contributed by atoms with Crippen LogP contribution in [0.4, 0.5) is 11.8 Å². The molecule has 3 N–H and O–H groups in total. The van der Waals surface area contributed by atoms with Gasteiger partial charge < -0.3 is 20.5 Å². The summed E-state index contributed by atoms with van der Waals surface area (Å²) in [5.74, 6) is 0.958. The molecule has 0 bridgehead atoms. The van der Waals surface area contributed by atoms with Gasteiger partial charge in [-0.1, -0.05) is 0 Å². The predicted octanol–water partition coefficient (Wildman–Crippen LogP) is 1.29. The van der Waals surface area contributed by atoms with E-state index in [9.17, 15) is 0 Å². The number of hydrogen-bond acceptors (Lipinski definition) is 6. The zero-order valence-electron chi connectivity index (χ0n) is 9.78. The Balaban J connectivity index is 2.13. The van der Waals surface area contributed by atoms with Gasteiger partial charge in [-0.25, -0.2) is 4.98 Å². The monoisotopic (exact) mass is 304 g/mol. The van der Waals surface area contributed by atoms with Crippen molar-refractivity contribution in [3.63, 3.8) is 0 Å². The number of methoxy groups -OCH3 is 1. The second-order valence-corrected chi connectivity index (χ2v) is 4.14. The average Bonchev–Trinajstić information content (AvgIpc) is 2.26. The Labute approximate surface area is 109 Å². The van der Waals surface area contributed by atoms with E-state index in [0.29, 0.717) is 36.2 Å². The summed E-state index contributed by atoms with van der Waals surface area (Å²) in [5.41, 5.74) is 5.59. The molecular weight excluding hydrogens is 288 g/mol. The summed E-state index contributed by atoms with van der Waals surface area (Å²) < 4.78 is 10.9. The number of hydrogen-bond donors (Lipinski definition) is 2. The summed E-state index contributed by atoms with van der Waals surface area (Å²) in [6.07, 6.45) is 0.874. The van der Waals surface area contributed by atoms with E-state index in [1.165, 1.54) is 0 Å². The lowest BCUT2D eigenvalue weighted by atomic mass is 10.4. The van der Waals surface area contributed by atoms with Crippen LogP contribution in [0, 0.1) is 0 Å². The van der Waals surface area contributed by atoms with Crippen LogP contribution in [-0.2, 0) is 9.47 Å². The highest BCUT2D eigenvalue weighted by atomic mass is 79.9. The number of nitrogens with zero attached hydrogens (tertiary/aromatic N) is 2. The van der Waals surface area contributed by atoms with Gasteiger partial charge in [-0.3, -0.25) is 0 Å². The van der Waals surface area contributed by atoms with Crippen LogP contribution in [0.3, 0.4) is 0 Å². The molecule has 0 spiro atoms. The van der Waals surface area contributed by atoms with Crippen LogP contribution in [0.25, 0.3) is 0 Å². The molecule has 1 heterocycles. The summed E-state index contributed by atoms with van der Waals surface area (Å²) >= 11 is 3.25. The van der Waals surface area contributed by atoms with Gasteiger partial charge in [0.05, 0.1) is 13.2 Å². The van der Waals surface area contributed by atoms with Crippen LogP contribution in [0.15, 0.2) is 10.7 Å². The fourth-order valence-electron chi connectivity index (χ4n) is 1.13. The van der Waals surface area contributed by atoms with Gasteiger partial charge in [-0.05, 0) is 22.4 Å². The third-order valence-electron chi connectivity index (χ3n) is 1.90. The van der Waals surface area contributed by atoms with E-state index in [0.717, 1.165) is 13.0 Å². The number of rotatable bonds is 8. The first-order chi connectivity index (χ1) is 8.22. The van der Waals surface area contributed by atoms with E-state index in [1.807, 2.05) is 0 Å². The van der Waals surface area contributed by atoms with Gasteiger partial charge >= 0.3 is 0 Å². The number of nitrogens with one attached hydrogen (secondary N) is 1. The number of anilines is 2. The highest BCUT2D eigenvalue weighted by molar-refractivity contribution is 9.10. The molecule has 0 aromatic carbocycles. The van der Waals surface area contributed by atoms with E-state index >= 15 is 0 Å². The molecule has 0 aliphatic rings. The minimum absolute atomic E-state index is 0.436. The van der Waals surface area contributed by atoms with Gasteiger partial charge in [0, 0.05) is 26.3 Å². The number of nitrogens with two attached hydrogens (primary N) is 1. The maximum absolute atomic E-state index is 5.59. The molecule has 1 aromatic rings. The first kappa shape index (κ1) is 14.1. The van der Waals surface area contributed by atoms with Crippen molar-refractivity contribution in [2.45, 2.75) is 6.42 Å². The van der Waals surface area contributed by atoms with Gasteiger partial charge in [0.25, 0.3) is 0 Å². The van der Waals surface area contributed by atoms with Crippen molar-refractivity contribution < 1.29 is 9.47 Å². The van der Waals surface area contributed by atoms with Crippen molar-refractivity contribution >= 4 is 27.7 Å². The summed E-state index contributed by atoms with van der Waals surface area (Å²) in [5, 5.41) is 3.07. The lowest BCUT2D eigenvalue weighted by molar-refractivity contribution is 0.0705. The minimum atomic E-state index is 0.436. The molecule has 0 saturated carbocycles. The Morgan fingerprint density at radius 3 is 2.88 bits per heavy atom. The highest BCUT2D eigenvalue weighted by Crippen LogP contribution is 2.11. The summed E-state index contributed by atoms with van der Waals surface area (Å²) in [4.78, 5) is 8.18. The summed E-state index contributed by atoms with van der Waals surface area (Å²) in [6, 6.07) is 1.65. The number of ether oxygens (including phenoxy) is 2. The second-order valence-electron chi connectivity index (χ2n) is 3.32. The SMILES string of the molecule is COCCOCCCNc1nc(N)cc(Br)n1. The zero-order chi connectivity index (χ0) is 12.5. The molecule has 0 saturated heterocycles. The molecule has 0 aliphatic carbocycles. The third kappa shape index (κ3) is 6.40. The van der Waals surface area contributed by atoms with Gasteiger partial charge in [0.2, 0.25) is 5.95 Å². The van der Waals surface area contributed by atoms with Crippen LogP contribution in [0.5, 0.6) is 0 Å². The summed E-state index contributed by atoms with van der Waals surface area (Å²) in [6.45, 7) is 2.66. The Bertz CT molecular complexity index is 318. The Kier molecular flexibility index (Phi) is 6.83. The number of halogens is 1. The van der Waals surface area contributed by atoms with Crippen molar-refractivity contribution in [3.8, 4) is 0 Å². The summed E-state index contributed by atoms with van der Waals surface area (Å²) in [7, 11) is 1.65. The lowest BCUT2D eigenvalue weighted by Crippen LogP contribution is -2.10. The van der Waals surface area contributed by atoms with Crippen molar-refractivity contribution in [2.24, 2.45) is 0 Å². The van der Waals surface area contributed by atoms with Crippen molar-refractivity contribution in [3.05, 3.63) is 10.7 Å². The molecular formula is C10H17BrN4O2. The largest absolute Gasteiger partial charge is 0.383 e. The third-order valence-corrected chi connectivity index (χ3v) is 2.30. The maximum Gasteiger partial charge on any atom is 0.225 e. The van der Waals surface area contributed by atoms with Crippen LogP contribution in [0.1, 0.15) is 6.42 Å². The molecule has 0 unspecified atom stereocenters. The molecule has 0 aliphatic heterocycles. The number of aromatic nitrogens is 2. The van der Waals surface area contributed by atoms with Gasteiger partial charge in [-0.2, -0.15) is 4.98 Å². The fraction of sp³-hybridized carbons (Fsp3) is 0.600. The molecule has 1 rings (SSSR count). The minimum Gasteiger partial charge on any atom is -0.383 e. The Morgan fingerprint density at radius 2 is 2.18 bits per heavy atom. The Hall–Kier alpha value is -0.920. The molecule has 1 aromatic heterocycles. The standard InChI is InChI=1S/C10H17BrN4O2/c1-16-5-6-17-4-2-3-13-10-14-8(11)7-9(12)15-10/h7H,2-6H2,1H3,(H3,12,13,14,15). The van der Waals surface area contributed by atoms with Gasteiger partial charge in [-0.15, -0.1) is 0 Å². The molecule has 17 heavy (non-hydrogen) atoms. The average molecular weight is 305 g/mol. The van der Waals surface area contributed by atoms with Crippen molar-refractivity contribution in [1.29, 1.82) is 0 Å². The molecule has 0 amide bonds. The Morgan fingerprint density at radius 1 is 1.35 bits per heavy atom. The van der Waals surface area contributed by atoms with Gasteiger partial charge in [0.15, 0.2) is 0 Å².